The van der Waals surface area contributed by atoms with Crippen molar-refractivity contribution in [3.8, 4) is 17.2 Å². The molecule has 2 aliphatic rings. The smallest absolute Gasteiger partial charge is 0.250 e. The van der Waals surface area contributed by atoms with Crippen LogP contribution in [-0.2, 0) is 11.3 Å². The largest absolute Gasteiger partial charge is 0.493 e. The molecule has 3 heterocycles. The molecule has 1 aromatic heterocycles. The van der Waals surface area contributed by atoms with Gasteiger partial charge >= 0.3 is 0 Å². The zero-order chi connectivity index (χ0) is 23.5. The molecule has 1 amide bonds. The minimum atomic E-state index is -0.175. The zero-order valence-corrected chi connectivity index (χ0v) is 20.5. The van der Waals surface area contributed by atoms with Crippen molar-refractivity contribution in [3.63, 3.8) is 0 Å². The summed E-state index contributed by atoms with van der Waals surface area (Å²) in [4.78, 5) is 27.0. The van der Waals surface area contributed by atoms with Gasteiger partial charge in [-0.1, -0.05) is 30.0 Å². The lowest BCUT2D eigenvalue weighted by Crippen LogP contribution is -2.48. The third-order valence-corrected chi connectivity index (χ3v) is 7.54. The molecule has 2 aliphatic heterocycles. The van der Waals surface area contributed by atoms with Crippen LogP contribution in [-0.4, -0.2) is 59.9 Å². The first-order valence-corrected chi connectivity index (χ1v) is 12.0. The van der Waals surface area contributed by atoms with Crippen LogP contribution in [0, 0.1) is 5.92 Å². The molecule has 0 radical (unpaired) electrons. The number of anilines is 1. The van der Waals surface area contributed by atoms with Gasteiger partial charge in [-0.3, -0.25) is 9.59 Å². The highest BCUT2D eigenvalue weighted by Gasteiger charge is 2.35. The first-order valence-electron chi connectivity index (χ1n) is 10.6. The standard InChI is InChI=1S/C23H27N3O5S2/c1-29-18-8-16(9-19(30-2)22(18)31-3)24-20(27)13-33-23(32)25-10-14-7-15(12-25)17-5-4-6-21(28)26(17)11-14/h4-6,8-9,14-15H,7,10-13H2,1-3H3,(H,24,27)/t14-,15-/m1/s1. The molecule has 1 N–H and O–H groups in total. The molecule has 0 aliphatic carbocycles. The number of carbonyl (C=O) groups is 1. The minimum absolute atomic E-state index is 0.0658. The summed E-state index contributed by atoms with van der Waals surface area (Å²) >= 11 is 7.01. The number of rotatable bonds is 6. The predicted molar refractivity (Wildman–Crippen MR) is 133 cm³/mol. The number of methoxy groups -OCH3 is 3. The lowest BCUT2D eigenvalue weighted by atomic mass is 9.83. The van der Waals surface area contributed by atoms with Crippen LogP contribution in [0.2, 0.25) is 0 Å². The summed E-state index contributed by atoms with van der Waals surface area (Å²) < 4.78 is 18.6. The number of nitrogens with one attached hydrogen (secondary N) is 1. The fourth-order valence-electron chi connectivity index (χ4n) is 4.61. The Kier molecular flexibility index (Phi) is 7.14. The van der Waals surface area contributed by atoms with Crippen LogP contribution in [0.3, 0.4) is 0 Å². The molecule has 0 saturated carbocycles. The van der Waals surface area contributed by atoms with Crippen molar-refractivity contribution in [3.05, 3.63) is 46.4 Å². The van der Waals surface area contributed by atoms with Crippen LogP contribution >= 0.6 is 24.0 Å². The van der Waals surface area contributed by atoms with Crippen LogP contribution in [0.4, 0.5) is 5.69 Å². The molecule has 0 spiro atoms. The second-order valence-electron chi connectivity index (χ2n) is 8.12. The van der Waals surface area contributed by atoms with E-state index in [-0.39, 0.29) is 23.1 Å². The van der Waals surface area contributed by atoms with E-state index in [1.165, 1.54) is 33.1 Å². The Balaban J connectivity index is 1.36. The number of thioether (sulfide) groups is 1. The first-order chi connectivity index (χ1) is 15.9. The van der Waals surface area contributed by atoms with Crippen LogP contribution in [0.1, 0.15) is 18.0 Å². The van der Waals surface area contributed by atoms with E-state index in [9.17, 15) is 9.59 Å². The lowest BCUT2D eigenvalue weighted by molar-refractivity contribution is -0.113. The Morgan fingerprint density at radius 2 is 1.85 bits per heavy atom. The van der Waals surface area contributed by atoms with E-state index in [4.69, 9.17) is 26.4 Å². The van der Waals surface area contributed by atoms with Gasteiger partial charge in [0.25, 0.3) is 5.56 Å². The second kappa shape index (κ2) is 10.0. The van der Waals surface area contributed by atoms with Crippen LogP contribution in [0.25, 0.3) is 0 Å². The van der Waals surface area contributed by atoms with E-state index in [0.29, 0.717) is 33.2 Å². The highest BCUT2D eigenvalue weighted by Crippen LogP contribution is 2.40. The molecule has 33 heavy (non-hydrogen) atoms. The van der Waals surface area contributed by atoms with E-state index in [1.54, 1.807) is 18.2 Å². The number of hydrogen-bond acceptors (Lipinski definition) is 7. The van der Waals surface area contributed by atoms with Gasteiger partial charge in [0.05, 0.1) is 27.1 Å². The van der Waals surface area contributed by atoms with E-state index in [1.807, 2.05) is 16.7 Å². The van der Waals surface area contributed by atoms with Gasteiger partial charge in [0, 0.05) is 55.1 Å². The molecule has 2 atom stereocenters. The van der Waals surface area contributed by atoms with Crippen molar-refractivity contribution < 1.29 is 19.0 Å². The van der Waals surface area contributed by atoms with E-state index in [2.05, 4.69) is 10.2 Å². The summed E-state index contributed by atoms with van der Waals surface area (Å²) in [7, 11) is 4.59. The molecule has 10 heteroatoms. The molecular weight excluding hydrogens is 462 g/mol. The number of hydrogen-bond donors (Lipinski definition) is 1. The number of thiocarbonyl (C=S) groups is 1. The summed E-state index contributed by atoms with van der Waals surface area (Å²) in [6.45, 7) is 2.29. The Labute approximate surface area is 202 Å². The van der Waals surface area contributed by atoms with Gasteiger partial charge < -0.3 is 29.0 Å². The lowest BCUT2D eigenvalue weighted by Gasteiger charge is -2.43. The maximum atomic E-state index is 12.6. The average molecular weight is 490 g/mol. The summed E-state index contributed by atoms with van der Waals surface area (Å²) in [6, 6.07) is 8.86. The van der Waals surface area contributed by atoms with Crippen LogP contribution in [0.5, 0.6) is 17.2 Å². The van der Waals surface area contributed by atoms with Gasteiger partial charge in [-0.2, -0.15) is 0 Å². The average Bonchev–Trinajstić information content (AvgIpc) is 2.82. The number of nitrogens with zero attached hydrogens (tertiary/aromatic N) is 2. The van der Waals surface area contributed by atoms with Crippen molar-refractivity contribution in [2.75, 3.05) is 45.5 Å². The molecular formula is C23H27N3O5S2. The van der Waals surface area contributed by atoms with Gasteiger partial charge in [-0.05, 0) is 18.4 Å². The molecule has 2 bridgehead atoms. The number of piperidine rings is 1. The number of benzene rings is 1. The Bertz CT molecular complexity index is 1090. The highest BCUT2D eigenvalue weighted by atomic mass is 32.2. The third-order valence-electron chi connectivity index (χ3n) is 6.01. The van der Waals surface area contributed by atoms with Gasteiger partial charge in [0.15, 0.2) is 11.5 Å². The molecule has 4 rings (SSSR count). The van der Waals surface area contributed by atoms with E-state index in [0.717, 1.165) is 31.7 Å². The summed E-state index contributed by atoms with van der Waals surface area (Å²) in [5, 5.41) is 2.87. The number of amides is 1. The molecule has 2 aromatic rings. The maximum Gasteiger partial charge on any atom is 0.250 e. The fraction of sp³-hybridized carbons (Fsp3) is 0.435. The van der Waals surface area contributed by atoms with Gasteiger partial charge in [-0.15, -0.1) is 0 Å². The molecule has 8 nitrogen and oxygen atoms in total. The van der Waals surface area contributed by atoms with Crippen molar-refractivity contribution in [2.45, 2.75) is 18.9 Å². The molecule has 1 aromatic carbocycles. The SMILES string of the molecule is COc1cc(NC(=O)CSC(=S)N2C[C@H]3C[C@H](C2)c2cccc(=O)n2C3)cc(OC)c1OC. The quantitative estimate of drug-likeness (QED) is 0.621. The van der Waals surface area contributed by atoms with Crippen LogP contribution in [0.15, 0.2) is 35.1 Å². The topological polar surface area (TPSA) is 82.0 Å². The monoisotopic (exact) mass is 489 g/mol. The third kappa shape index (κ3) is 4.96. The van der Waals surface area contributed by atoms with Gasteiger partial charge in [0.2, 0.25) is 11.7 Å². The normalized spacial score (nSPS) is 18.8. The molecule has 1 saturated heterocycles. The maximum absolute atomic E-state index is 12.6. The molecule has 1 fully saturated rings. The Morgan fingerprint density at radius 1 is 1.12 bits per heavy atom. The summed E-state index contributed by atoms with van der Waals surface area (Å²) in [6.07, 6.45) is 1.06. The predicted octanol–water partition coefficient (Wildman–Crippen LogP) is 2.95. The number of ether oxygens (including phenoxy) is 3. The van der Waals surface area contributed by atoms with Crippen molar-refractivity contribution in [1.82, 2.24) is 9.47 Å². The fourth-order valence-corrected chi connectivity index (χ4v) is 5.60. The molecule has 176 valence electrons. The van der Waals surface area contributed by atoms with Crippen LogP contribution < -0.4 is 25.1 Å². The van der Waals surface area contributed by atoms with E-state index >= 15 is 0 Å². The number of carbonyl (C=O) groups excluding carboxylic acids is 1. The van der Waals surface area contributed by atoms with E-state index < -0.39 is 0 Å². The van der Waals surface area contributed by atoms with Crippen molar-refractivity contribution in [1.29, 1.82) is 0 Å². The summed E-state index contributed by atoms with van der Waals surface area (Å²) in [5.41, 5.74) is 1.70. The zero-order valence-electron chi connectivity index (χ0n) is 18.8. The molecule has 0 unspecified atom stereocenters. The van der Waals surface area contributed by atoms with Gasteiger partial charge in [0.1, 0.15) is 4.32 Å². The van der Waals surface area contributed by atoms with Crippen molar-refractivity contribution in [2.24, 2.45) is 5.92 Å². The Morgan fingerprint density at radius 3 is 2.52 bits per heavy atom. The number of pyridine rings is 1. The van der Waals surface area contributed by atoms with Crippen molar-refractivity contribution >= 4 is 39.9 Å². The second-order valence-corrected chi connectivity index (χ2v) is 9.73. The summed E-state index contributed by atoms with van der Waals surface area (Å²) in [5.74, 6) is 2.07. The van der Waals surface area contributed by atoms with Gasteiger partial charge in [-0.25, -0.2) is 0 Å². The highest BCUT2D eigenvalue weighted by molar-refractivity contribution is 8.23. The number of aromatic nitrogens is 1. The number of fused-ring (bicyclic) bond motifs is 4. The first kappa shape index (κ1) is 23.4. The minimum Gasteiger partial charge on any atom is -0.493 e. The number of likely N-dealkylation sites (tertiary alicyclic amines) is 1. The Hall–Kier alpha value is -2.72.